The van der Waals surface area contributed by atoms with Gasteiger partial charge in [0.1, 0.15) is 0 Å². The standard InChI is InChI=1S/C68H62N4/c1-43-37-49(29-35-69-43)71-61-27-21-47(39-59(61)65(3)31-13-15-33-67(65,71)5)57-41-55(45-17-9-7-10-18-45)51-24-26-54-58(42-56(46-19-11-8-12-20-46)52-23-25-53(57)63(51)64(52)54)48-22-28-62-60(40-48)66(4)32-14-16-34-68(66,6)72(62)50-30-36-70-44(2)38-50/h7-12,17-30,35-42H,13-16,31-34H2,1-6H3. The molecule has 14 rings (SSSR count). The first kappa shape index (κ1) is 43.5. The molecule has 2 saturated carbocycles. The predicted octanol–water partition coefficient (Wildman–Crippen LogP) is 18.1. The van der Waals surface area contributed by atoms with E-state index in [9.17, 15) is 0 Å². The van der Waals surface area contributed by atoms with E-state index >= 15 is 0 Å². The Morgan fingerprint density at radius 2 is 0.750 bits per heavy atom. The Morgan fingerprint density at radius 1 is 0.375 bits per heavy atom. The van der Waals surface area contributed by atoms with Crippen molar-refractivity contribution in [2.75, 3.05) is 9.80 Å². The fourth-order valence-electron chi connectivity index (χ4n) is 15.1. The lowest BCUT2D eigenvalue weighted by Crippen LogP contribution is -2.54. The number of pyridine rings is 2. The van der Waals surface area contributed by atoms with Gasteiger partial charge >= 0.3 is 0 Å². The molecule has 2 aromatic heterocycles. The predicted molar refractivity (Wildman–Crippen MR) is 303 cm³/mol. The van der Waals surface area contributed by atoms with Crippen molar-refractivity contribution in [2.24, 2.45) is 0 Å². The van der Waals surface area contributed by atoms with Gasteiger partial charge in [-0.25, -0.2) is 0 Å². The molecule has 0 spiro atoms. The van der Waals surface area contributed by atoms with Gasteiger partial charge in [-0.05, 0) is 202 Å². The second kappa shape index (κ2) is 15.6. The molecule has 354 valence electrons. The third-order valence-electron chi connectivity index (χ3n) is 19.2. The van der Waals surface area contributed by atoms with Crippen LogP contribution < -0.4 is 9.80 Å². The molecule has 4 unspecified atom stereocenters. The maximum atomic E-state index is 4.63. The number of anilines is 4. The van der Waals surface area contributed by atoms with Crippen molar-refractivity contribution in [1.29, 1.82) is 0 Å². The van der Waals surface area contributed by atoms with E-state index in [1.807, 2.05) is 12.4 Å². The zero-order chi connectivity index (χ0) is 48.7. The SMILES string of the molecule is Cc1cc(N2c3ccc(-c4cc(-c5ccccc5)c5ccc6c(-c7ccc8c(c7)C7(C)CCCCC7(C)N8c7ccnc(C)c7)cc(-c7ccccc7)c7ccc4c5c76)cc3C3(C)CCCCC23C)ccn1. The summed E-state index contributed by atoms with van der Waals surface area (Å²) in [6.45, 7) is 14.4. The number of fused-ring (bicyclic) bond motifs is 6. The fraction of sp³-hybridized carbons (Fsp3) is 0.265. The Labute approximate surface area is 424 Å². The molecule has 4 heteroatoms. The zero-order valence-corrected chi connectivity index (χ0v) is 42.6. The third kappa shape index (κ3) is 5.93. The molecule has 4 nitrogen and oxygen atoms in total. The van der Waals surface area contributed by atoms with Crippen LogP contribution in [0, 0.1) is 13.8 Å². The van der Waals surface area contributed by atoms with Gasteiger partial charge in [-0.15, -0.1) is 0 Å². The van der Waals surface area contributed by atoms with E-state index in [2.05, 4.69) is 219 Å². The number of nitrogens with zero attached hydrogens (tertiary/aromatic N) is 4. The van der Waals surface area contributed by atoms with Crippen molar-refractivity contribution in [2.45, 2.75) is 115 Å². The van der Waals surface area contributed by atoms with Gasteiger partial charge in [-0.2, -0.15) is 0 Å². The lowest BCUT2D eigenvalue weighted by atomic mass is 9.61. The molecule has 2 aliphatic heterocycles. The summed E-state index contributed by atoms with van der Waals surface area (Å²) in [4.78, 5) is 14.6. The molecular weight excluding hydrogens is 873 g/mol. The van der Waals surface area contributed by atoms with Crippen LogP contribution in [0.2, 0.25) is 0 Å². The highest BCUT2D eigenvalue weighted by atomic mass is 15.3. The molecule has 4 atom stereocenters. The van der Waals surface area contributed by atoms with E-state index in [4.69, 9.17) is 0 Å². The average molecular weight is 935 g/mol. The number of rotatable bonds is 6. The first-order chi connectivity index (χ1) is 35.0. The van der Waals surface area contributed by atoms with Gasteiger partial charge in [0.2, 0.25) is 0 Å². The van der Waals surface area contributed by atoms with E-state index < -0.39 is 0 Å². The van der Waals surface area contributed by atoms with Crippen LogP contribution in [0.1, 0.15) is 102 Å². The summed E-state index contributed by atoms with van der Waals surface area (Å²) < 4.78 is 0. The first-order valence-corrected chi connectivity index (χ1v) is 26.6. The molecule has 72 heavy (non-hydrogen) atoms. The molecular formula is C68H62N4. The van der Waals surface area contributed by atoms with Crippen LogP contribution in [0.15, 0.2) is 170 Å². The van der Waals surface area contributed by atoms with Crippen molar-refractivity contribution in [3.63, 3.8) is 0 Å². The van der Waals surface area contributed by atoms with E-state index in [1.165, 1.54) is 149 Å². The number of hydrogen-bond donors (Lipinski definition) is 0. The molecule has 2 fully saturated rings. The number of aromatic nitrogens is 2. The van der Waals surface area contributed by atoms with Crippen LogP contribution in [-0.4, -0.2) is 21.0 Å². The van der Waals surface area contributed by atoms with Gasteiger partial charge in [0.25, 0.3) is 0 Å². The highest BCUT2D eigenvalue weighted by Crippen LogP contribution is 2.63. The van der Waals surface area contributed by atoms with Gasteiger partial charge in [-0.3, -0.25) is 9.97 Å². The molecule has 0 amide bonds. The van der Waals surface area contributed by atoms with E-state index in [1.54, 1.807) is 0 Å². The lowest BCUT2D eigenvalue weighted by Gasteiger charge is -2.50. The Kier molecular flexibility index (Phi) is 9.42. The highest BCUT2D eigenvalue weighted by molar-refractivity contribution is 6.32. The van der Waals surface area contributed by atoms with Crippen LogP contribution in [0.25, 0.3) is 76.8 Å². The molecule has 8 aromatic carbocycles. The van der Waals surface area contributed by atoms with Crippen LogP contribution >= 0.6 is 0 Å². The normalized spacial score (nSPS) is 23.4. The van der Waals surface area contributed by atoms with Gasteiger partial charge in [-0.1, -0.05) is 137 Å². The minimum atomic E-state index is -0.0525. The topological polar surface area (TPSA) is 32.3 Å². The Morgan fingerprint density at radius 3 is 1.14 bits per heavy atom. The summed E-state index contributed by atoms with van der Waals surface area (Å²) >= 11 is 0. The van der Waals surface area contributed by atoms with Crippen LogP contribution in [0.3, 0.4) is 0 Å². The number of aryl methyl sites for hydroxylation is 2. The smallest absolute Gasteiger partial charge is 0.0517 e. The van der Waals surface area contributed by atoms with Gasteiger partial charge in [0, 0.05) is 57.4 Å². The maximum Gasteiger partial charge on any atom is 0.0517 e. The van der Waals surface area contributed by atoms with E-state index in [0.717, 1.165) is 24.2 Å². The number of hydrogen-bond acceptors (Lipinski definition) is 4. The molecule has 4 heterocycles. The third-order valence-corrected chi connectivity index (χ3v) is 19.2. The van der Waals surface area contributed by atoms with Gasteiger partial charge in [0.05, 0.1) is 11.1 Å². The molecule has 0 saturated heterocycles. The summed E-state index contributed by atoms with van der Waals surface area (Å²) in [5.74, 6) is 0. The molecule has 0 bridgehead atoms. The first-order valence-electron chi connectivity index (χ1n) is 26.6. The van der Waals surface area contributed by atoms with Crippen molar-refractivity contribution in [3.8, 4) is 44.5 Å². The van der Waals surface area contributed by atoms with E-state index in [-0.39, 0.29) is 21.9 Å². The summed E-state index contributed by atoms with van der Waals surface area (Å²) in [5.41, 5.74) is 20.2. The minimum absolute atomic E-state index is 0.0183. The highest BCUT2D eigenvalue weighted by Gasteiger charge is 2.59. The Balaban J connectivity index is 1.03. The quantitative estimate of drug-likeness (QED) is 0.156. The molecule has 2 aliphatic carbocycles. The van der Waals surface area contributed by atoms with Crippen LogP contribution in [-0.2, 0) is 10.8 Å². The van der Waals surface area contributed by atoms with Crippen molar-refractivity contribution < 1.29 is 0 Å². The Hall–Kier alpha value is -7.30. The monoisotopic (exact) mass is 934 g/mol. The van der Waals surface area contributed by atoms with Crippen molar-refractivity contribution in [1.82, 2.24) is 9.97 Å². The van der Waals surface area contributed by atoms with Crippen LogP contribution in [0.5, 0.6) is 0 Å². The van der Waals surface area contributed by atoms with Crippen molar-refractivity contribution >= 4 is 55.1 Å². The zero-order valence-electron chi connectivity index (χ0n) is 42.6. The second-order valence-corrected chi connectivity index (χ2v) is 22.8. The minimum Gasteiger partial charge on any atom is -0.334 e. The summed E-state index contributed by atoms with van der Waals surface area (Å²) in [7, 11) is 0. The van der Waals surface area contributed by atoms with Crippen LogP contribution in [0.4, 0.5) is 22.7 Å². The molecule has 10 aromatic rings. The number of benzene rings is 8. The molecule has 4 aliphatic rings. The fourth-order valence-corrected chi connectivity index (χ4v) is 15.1. The molecule has 0 radical (unpaired) electrons. The van der Waals surface area contributed by atoms with E-state index in [0.29, 0.717) is 0 Å². The molecule has 0 N–H and O–H groups in total. The Bertz CT molecular complexity index is 3570. The summed E-state index contributed by atoms with van der Waals surface area (Å²) in [6.07, 6.45) is 13.6. The van der Waals surface area contributed by atoms with Crippen molar-refractivity contribution in [3.05, 3.63) is 193 Å². The largest absolute Gasteiger partial charge is 0.334 e. The van der Waals surface area contributed by atoms with Gasteiger partial charge < -0.3 is 9.80 Å². The lowest BCUT2D eigenvalue weighted by molar-refractivity contribution is 0.195. The second-order valence-electron chi connectivity index (χ2n) is 22.8. The summed E-state index contributed by atoms with van der Waals surface area (Å²) in [5, 5.41) is 7.88. The average Bonchev–Trinajstić information content (AvgIpc) is 3.75. The maximum absolute atomic E-state index is 4.63. The summed E-state index contributed by atoms with van der Waals surface area (Å²) in [6, 6.07) is 60.9. The van der Waals surface area contributed by atoms with Gasteiger partial charge in [0.15, 0.2) is 0 Å².